The minimum Gasteiger partial charge on any atom is -0.396 e. The maximum atomic E-state index is 8.98. The first-order chi connectivity index (χ1) is 15.3. The first-order valence-corrected chi connectivity index (χ1v) is 13.7. The molecule has 2 N–H and O–H groups in total. The number of anilines is 1. The van der Waals surface area contributed by atoms with Crippen LogP contribution in [0.2, 0.25) is 0 Å². The highest BCUT2D eigenvalue weighted by molar-refractivity contribution is 8.02. The van der Waals surface area contributed by atoms with E-state index < -0.39 is 0 Å². The van der Waals surface area contributed by atoms with Crippen LogP contribution in [0.15, 0.2) is 52.2 Å². The standard InChI is InChI=1S/C22H25N3O2S4/c1-2-27-10-8-25(31-20-7-4-11-29-20)19-6-3-5-16-13-18(24-21(16)19)22-23-14-17(30-22)15-28-12-9-26/h3-7,11,13-14,24,26H,2,8-10,12,15H2,1H3. The molecular weight excluding hydrogens is 467 g/mol. The Hall–Kier alpha value is -1.49. The van der Waals surface area contributed by atoms with Crippen molar-refractivity contribution in [2.45, 2.75) is 16.9 Å². The van der Waals surface area contributed by atoms with Crippen LogP contribution < -0.4 is 4.31 Å². The van der Waals surface area contributed by atoms with E-state index >= 15 is 0 Å². The van der Waals surface area contributed by atoms with Crippen molar-refractivity contribution in [2.24, 2.45) is 0 Å². The summed E-state index contributed by atoms with van der Waals surface area (Å²) in [6, 6.07) is 12.8. The summed E-state index contributed by atoms with van der Waals surface area (Å²) in [7, 11) is 0. The molecule has 0 aliphatic heterocycles. The Bertz CT molecular complexity index is 1080. The molecule has 31 heavy (non-hydrogen) atoms. The van der Waals surface area contributed by atoms with Crippen molar-refractivity contribution < 1.29 is 9.84 Å². The Morgan fingerprint density at radius 3 is 3.00 bits per heavy atom. The smallest absolute Gasteiger partial charge is 0.139 e. The summed E-state index contributed by atoms with van der Waals surface area (Å²) >= 11 is 6.93. The largest absolute Gasteiger partial charge is 0.396 e. The number of fused-ring (bicyclic) bond motifs is 1. The van der Waals surface area contributed by atoms with Crippen LogP contribution in [0.25, 0.3) is 21.6 Å². The zero-order chi connectivity index (χ0) is 21.5. The molecule has 0 bridgehead atoms. The topological polar surface area (TPSA) is 61.4 Å². The molecule has 0 saturated carbocycles. The molecular formula is C22H25N3O2S4. The predicted molar refractivity (Wildman–Crippen MR) is 137 cm³/mol. The molecule has 0 aliphatic rings. The number of rotatable bonds is 12. The van der Waals surface area contributed by atoms with Crippen molar-refractivity contribution in [2.75, 3.05) is 36.4 Å². The molecule has 3 heterocycles. The number of hydrogen-bond acceptors (Lipinski definition) is 8. The summed E-state index contributed by atoms with van der Waals surface area (Å²) in [6.45, 7) is 4.44. The molecule has 3 aromatic heterocycles. The summed E-state index contributed by atoms with van der Waals surface area (Å²) in [4.78, 5) is 9.47. The maximum absolute atomic E-state index is 8.98. The molecule has 9 heteroatoms. The zero-order valence-corrected chi connectivity index (χ0v) is 20.5. The molecule has 0 radical (unpaired) electrons. The third-order valence-electron chi connectivity index (χ3n) is 4.50. The number of aliphatic hydroxyl groups is 1. The molecule has 164 valence electrons. The van der Waals surface area contributed by atoms with Gasteiger partial charge in [-0.15, -0.1) is 22.7 Å². The molecule has 5 nitrogen and oxygen atoms in total. The Morgan fingerprint density at radius 1 is 1.26 bits per heavy atom. The SMILES string of the molecule is CCOCCN(Sc1cccs1)c1cccc2cc(-c3ncc(CSCCO)s3)[nH]c12. The number of aliphatic hydroxyl groups excluding tert-OH is 1. The van der Waals surface area contributed by atoms with Crippen LogP contribution in [-0.4, -0.2) is 47.2 Å². The average molecular weight is 492 g/mol. The quantitative estimate of drug-likeness (QED) is 0.184. The lowest BCUT2D eigenvalue weighted by molar-refractivity contribution is 0.156. The van der Waals surface area contributed by atoms with Gasteiger partial charge in [0.1, 0.15) is 5.01 Å². The second-order valence-corrected chi connectivity index (χ2v) is 11.1. The molecule has 4 rings (SSSR count). The van der Waals surface area contributed by atoms with Crippen molar-refractivity contribution in [1.29, 1.82) is 0 Å². The van der Waals surface area contributed by atoms with E-state index in [-0.39, 0.29) is 6.61 Å². The van der Waals surface area contributed by atoms with Crippen molar-refractivity contribution in [3.63, 3.8) is 0 Å². The van der Waals surface area contributed by atoms with E-state index in [4.69, 9.17) is 9.84 Å². The molecule has 0 fully saturated rings. The fraction of sp³-hybridized carbons (Fsp3) is 0.318. The Morgan fingerprint density at radius 2 is 2.19 bits per heavy atom. The minimum absolute atomic E-state index is 0.213. The van der Waals surface area contributed by atoms with Gasteiger partial charge >= 0.3 is 0 Å². The molecule has 1 aromatic carbocycles. The van der Waals surface area contributed by atoms with E-state index in [1.54, 1.807) is 46.4 Å². The van der Waals surface area contributed by atoms with Crippen LogP contribution in [0.4, 0.5) is 5.69 Å². The summed E-state index contributed by atoms with van der Waals surface area (Å²) in [5.41, 5.74) is 3.30. The van der Waals surface area contributed by atoms with Gasteiger partial charge in [0, 0.05) is 34.6 Å². The van der Waals surface area contributed by atoms with E-state index in [1.807, 2.05) is 13.1 Å². The summed E-state index contributed by atoms with van der Waals surface area (Å²) in [6.07, 6.45) is 1.94. The number of aromatic amines is 1. The molecule has 4 aromatic rings. The average Bonchev–Trinajstić information content (AvgIpc) is 3.53. The van der Waals surface area contributed by atoms with E-state index in [9.17, 15) is 0 Å². The predicted octanol–water partition coefficient (Wildman–Crippen LogP) is 6.13. The second-order valence-electron chi connectivity index (χ2n) is 6.65. The number of H-pyrrole nitrogens is 1. The van der Waals surface area contributed by atoms with Gasteiger partial charge in [-0.2, -0.15) is 11.8 Å². The molecule has 0 spiro atoms. The van der Waals surface area contributed by atoms with E-state index in [2.05, 4.69) is 56.1 Å². The summed E-state index contributed by atoms with van der Waals surface area (Å²) in [5.74, 6) is 1.63. The lowest BCUT2D eigenvalue weighted by Crippen LogP contribution is -2.20. The highest BCUT2D eigenvalue weighted by Crippen LogP contribution is 2.38. The number of nitrogens with zero attached hydrogens (tertiary/aromatic N) is 2. The second kappa shape index (κ2) is 11.4. The van der Waals surface area contributed by atoms with Crippen LogP contribution in [0, 0.1) is 0 Å². The third kappa shape index (κ3) is 5.85. The van der Waals surface area contributed by atoms with Crippen molar-refractivity contribution >= 4 is 63.0 Å². The van der Waals surface area contributed by atoms with Crippen molar-refractivity contribution in [3.05, 3.63) is 52.9 Å². The van der Waals surface area contributed by atoms with E-state index in [1.165, 1.54) is 14.5 Å². The number of aromatic nitrogens is 2. The van der Waals surface area contributed by atoms with Gasteiger partial charge in [-0.3, -0.25) is 0 Å². The number of thiophene rings is 1. The van der Waals surface area contributed by atoms with Gasteiger partial charge < -0.3 is 19.1 Å². The lowest BCUT2D eigenvalue weighted by atomic mass is 10.2. The Balaban J connectivity index is 1.61. The first-order valence-electron chi connectivity index (χ1n) is 10.1. The molecule has 0 atom stereocenters. The number of thiazole rings is 1. The van der Waals surface area contributed by atoms with Crippen molar-refractivity contribution in [1.82, 2.24) is 9.97 Å². The van der Waals surface area contributed by atoms with Gasteiger partial charge in [0.05, 0.1) is 40.9 Å². The number of nitrogens with one attached hydrogen (secondary N) is 1. The highest BCUT2D eigenvalue weighted by Gasteiger charge is 2.16. The Labute approximate surface area is 199 Å². The molecule has 0 amide bonds. The molecule has 0 aliphatic carbocycles. The van der Waals surface area contributed by atoms with Crippen LogP contribution in [-0.2, 0) is 10.5 Å². The Kier molecular flexibility index (Phi) is 8.34. The number of benzene rings is 1. The zero-order valence-electron chi connectivity index (χ0n) is 17.2. The van der Waals surface area contributed by atoms with E-state index in [0.717, 1.165) is 46.6 Å². The first kappa shape index (κ1) is 22.7. The third-order valence-corrected chi connectivity index (χ3v) is 8.79. The van der Waals surface area contributed by atoms with Gasteiger partial charge in [0.2, 0.25) is 0 Å². The van der Waals surface area contributed by atoms with Crippen LogP contribution >= 0.6 is 46.4 Å². The lowest BCUT2D eigenvalue weighted by Gasteiger charge is -2.23. The fourth-order valence-corrected chi connectivity index (χ4v) is 6.67. The van der Waals surface area contributed by atoms with E-state index in [0.29, 0.717) is 6.61 Å². The summed E-state index contributed by atoms with van der Waals surface area (Å²) in [5, 5.41) is 13.3. The van der Waals surface area contributed by atoms with Crippen LogP contribution in [0.1, 0.15) is 11.8 Å². The fourth-order valence-electron chi connectivity index (χ4n) is 3.13. The number of ether oxygens (including phenoxy) is 1. The van der Waals surface area contributed by atoms with Crippen LogP contribution in [0.5, 0.6) is 0 Å². The molecule has 0 unspecified atom stereocenters. The van der Waals surface area contributed by atoms with Gasteiger partial charge in [-0.1, -0.05) is 18.2 Å². The minimum atomic E-state index is 0.213. The van der Waals surface area contributed by atoms with Gasteiger partial charge in [-0.25, -0.2) is 4.98 Å². The number of para-hydroxylation sites is 1. The normalized spacial score (nSPS) is 11.4. The monoisotopic (exact) mass is 491 g/mol. The van der Waals surface area contributed by atoms with Crippen LogP contribution in [0.3, 0.4) is 0 Å². The number of hydrogen-bond donors (Lipinski definition) is 2. The highest BCUT2D eigenvalue weighted by atomic mass is 32.2. The van der Waals surface area contributed by atoms with Crippen molar-refractivity contribution in [3.8, 4) is 10.7 Å². The summed E-state index contributed by atoms with van der Waals surface area (Å²) < 4.78 is 9.21. The molecule has 0 saturated heterocycles. The van der Waals surface area contributed by atoms with Gasteiger partial charge in [0.25, 0.3) is 0 Å². The maximum Gasteiger partial charge on any atom is 0.139 e. The van der Waals surface area contributed by atoms with Gasteiger partial charge in [-0.05, 0) is 42.5 Å². The number of thioether (sulfide) groups is 1. The van der Waals surface area contributed by atoms with Gasteiger partial charge in [0.15, 0.2) is 0 Å².